The topological polar surface area (TPSA) is 79.3 Å². The van der Waals surface area contributed by atoms with Crippen molar-refractivity contribution < 1.29 is 14.7 Å². The molecule has 0 aromatic carbocycles. The molecule has 2 rings (SSSR count). The van der Waals surface area contributed by atoms with Gasteiger partial charge in [-0.3, -0.25) is 4.79 Å². The van der Waals surface area contributed by atoms with Gasteiger partial charge >= 0.3 is 5.97 Å². The quantitative estimate of drug-likeness (QED) is 0.903. The van der Waals surface area contributed by atoms with Crippen LogP contribution in [0.1, 0.15) is 32.6 Å². The van der Waals surface area contributed by atoms with Crippen LogP contribution >= 0.6 is 22.7 Å². The normalized spacial score (nSPS) is 10.3. The predicted octanol–water partition coefficient (Wildman–Crippen LogP) is 2.72. The summed E-state index contributed by atoms with van der Waals surface area (Å²) in [5, 5.41) is 13.6. The molecule has 0 spiro atoms. The molecule has 0 aliphatic rings. The molecule has 2 heterocycles. The van der Waals surface area contributed by atoms with Crippen molar-refractivity contribution in [2.75, 3.05) is 5.32 Å². The summed E-state index contributed by atoms with van der Waals surface area (Å²) in [4.78, 5) is 27.7. The molecule has 0 saturated heterocycles. The van der Waals surface area contributed by atoms with Crippen molar-refractivity contribution in [1.29, 1.82) is 0 Å². The maximum atomic E-state index is 11.8. The number of amides is 1. The number of thiazole rings is 1. The molecule has 0 aliphatic carbocycles. The molecule has 7 heteroatoms. The van der Waals surface area contributed by atoms with Gasteiger partial charge in [-0.1, -0.05) is 6.92 Å². The zero-order valence-corrected chi connectivity index (χ0v) is 11.1. The fourth-order valence-electron chi connectivity index (χ4n) is 1.36. The van der Waals surface area contributed by atoms with Gasteiger partial charge < -0.3 is 10.4 Å². The fraction of sp³-hybridized carbons (Fsp3) is 0.182. The number of nitrogens with one attached hydrogen (secondary N) is 1. The zero-order chi connectivity index (χ0) is 13.1. The van der Waals surface area contributed by atoms with Crippen molar-refractivity contribution in [1.82, 2.24) is 4.98 Å². The van der Waals surface area contributed by atoms with Crippen molar-refractivity contribution in [3.63, 3.8) is 0 Å². The smallest absolute Gasteiger partial charge is 0.338 e. The number of thiophene rings is 1. The lowest BCUT2D eigenvalue weighted by Gasteiger charge is -2.01. The molecule has 0 atom stereocenters. The van der Waals surface area contributed by atoms with E-state index in [1.807, 2.05) is 6.92 Å². The Hall–Kier alpha value is -1.73. The maximum absolute atomic E-state index is 11.8. The van der Waals surface area contributed by atoms with Crippen LogP contribution in [0.25, 0.3) is 0 Å². The van der Waals surface area contributed by atoms with Crippen LogP contribution in [0, 0.1) is 0 Å². The number of hydrogen-bond acceptors (Lipinski definition) is 5. The van der Waals surface area contributed by atoms with E-state index in [0.29, 0.717) is 10.7 Å². The lowest BCUT2D eigenvalue weighted by atomic mass is 10.2. The number of rotatable bonds is 4. The molecule has 0 unspecified atom stereocenters. The Kier molecular flexibility index (Phi) is 3.73. The monoisotopic (exact) mass is 282 g/mol. The highest BCUT2D eigenvalue weighted by Crippen LogP contribution is 2.29. The van der Waals surface area contributed by atoms with E-state index < -0.39 is 5.97 Å². The Bertz CT molecular complexity index is 575. The van der Waals surface area contributed by atoms with Crippen molar-refractivity contribution in [3.05, 3.63) is 33.1 Å². The van der Waals surface area contributed by atoms with Gasteiger partial charge in [-0.15, -0.1) is 22.7 Å². The molecule has 18 heavy (non-hydrogen) atoms. The van der Waals surface area contributed by atoms with E-state index >= 15 is 0 Å². The number of aromatic carboxylic acids is 1. The van der Waals surface area contributed by atoms with Gasteiger partial charge in [-0.25, -0.2) is 9.78 Å². The molecule has 2 N–H and O–H groups in total. The summed E-state index contributed by atoms with van der Waals surface area (Å²) in [7, 11) is 0. The van der Waals surface area contributed by atoms with Crippen molar-refractivity contribution >= 4 is 39.6 Å². The second kappa shape index (κ2) is 5.28. The second-order valence-corrected chi connectivity index (χ2v) is 5.30. The molecular weight excluding hydrogens is 272 g/mol. The van der Waals surface area contributed by atoms with Gasteiger partial charge in [-0.2, -0.15) is 0 Å². The Morgan fingerprint density at radius 3 is 2.83 bits per heavy atom. The fourth-order valence-corrected chi connectivity index (χ4v) is 2.88. The summed E-state index contributed by atoms with van der Waals surface area (Å²) < 4.78 is 0. The molecule has 5 nitrogen and oxygen atoms in total. The van der Waals surface area contributed by atoms with Crippen LogP contribution in [0.5, 0.6) is 0 Å². The summed E-state index contributed by atoms with van der Waals surface area (Å²) in [6, 6.07) is 1.59. The first kappa shape index (κ1) is 12.7. The lowest BCUT2D eigenvalue weighted by molar-refractivity contribution is 0.0698. The third-order valence-corrected chi connectivity index (χ3v) is 4.04. The first-order chi connectivity index (χ1) is 8.61. The number of anilines is 1. The van der Waals surface area contributed by atoms with Gasteiger partial charge in [-0.05, 0) is 12.5 Å². The van der Waals surface area contributed by atoms with E-state index in [0.717, 1.165) is 11.3 Å². The third kappa shape index (κ3) is 2.57. The molecule has 1 amide bonds. The van der Waals surface area contributed by atoms with Crippen LogP contribution < -0.4 is 5.32 Å². The van der Waals surface area contributed by atoms with E-state index in [9.17, 15) is 9.59 Å². The zero-order valence-electron chi connectivity index (χ0n) is 9.47. The van der Waals surface area contributed by atoms with Crippen LogP contribution in [0.3, 0.4) is 0 Å². The van der Waals surface area contributed by atoms with E-state index in [4.69, 9.17) is 5.11 Å². The number of carbonyl (C=O) groups excluding carboxylic acids is 1. The number of carboxylic acid groups (broad SMARTS) is 1. The summed E-state index contributed by atoms with van der Waals surface area (Å²) >= 11 is 2.59. The van der Waals surface area contributed by atoms with Crippen molar-refractivity contribution in [2.45, 2.75) is 13.3 Å². The van der Waals surface area contributed by atoms with Gasteiger partial charge in [0, 0.05) is 10.3 Å². The van der Waals surface area contributed by atoms with Crippen LogP contribution in [0.2, 0.25) is 0 Å². The Balaban J connectivity index is 2.25. The molecule has 2 aromatic heterocycles. The number of hydrogen-bond donors (Lipinski definition) is 2. The average molecular weight is 282 g/mol. The Labute approximate surface area is 111 Å². The van der Waals surface area contributed by atoms with Gasteiger partial charge in [0.1, 0.15) is 10.7 Å². The second-order valence-electron chi connectivity index (χ2n) is 3.44. The van der Waals surface area contributed by atoms with Crippen LogP contribution in [0.4, 0.5) is 5.00 Å². The molecule has 0 fully saturated rings. The van der Waals surface area contributed by atoms with Crippen LogP contribution in [0.15, 0.2) is 17.0 Å². The molecule has 0 radical (unpaired) electrons. The standard InChI is InChI=1S/C11H10N2O3S2/c1-2-6-3-7(11(15)16)10(18-6)13-9(14)8-4-17-5-12-8/h3-5H,2H2,1H3,(H,13,14)(H,15,16). The Morgan fingerprint density at radius 1 is 1.50 bits per heavy atom. The predicted molar refractivity (Wildman–Crippen MR) is 70.7 cm³/mol. The van der Waals surface area contributed by atoms with Gasteiger partial charge in [0.2, 0.25) is 0 Å². The minimum atomic E-state index is -1.04. The van der Waals surface area contributed by atoms with Gasteiger partial charge in [0.25, 0.3) is 5.91 Å². The van der Waals surface area contributed by atoms with E-state index in [1.165, 1.54) is 22.7 Å². The molecule has 0 aliphatic heterocycles. The number of carbonyl (C=O) groups is 2. The number of aromatic nitrogens is 1. The average Bonchev–Trinajstić information content (AvgIpc) is 2.97. The van der Waals surface area contributed by atoms with Gasteiger partial charge in [0.15, 0.2) is 0 Å². The summed E-state index contributed by atoms with van der Waals surface area (Å²) in [6.45, 7) is 1.93. The minimum absolute atomic E-state index is 0.125. The third-order valence-electron chi connectivity index (χ3n) is 2.25. The maximum Gasteiger partial charge on any atom is 0.338 e. The lowest BCUT2D eigenvalue weighted by Crippen LogP contribution is -2.13. The van der Waals surface area contributed by atoms with E-state index in [1.54, 1.807) is 17.0 Å². The highest BCUT2D eigenvalue weighted by Gasteiger charge is 2.18. The highest BCUT2D eigenvalue weighted by molar-refractivity contribution is 7.16. The van der Waals surface area contributed by atoms with E-state index in [2.05, 4.69) is 10.3 Å². The first-order valence-electron chi connectivity index (χ1n) is 5.17. The number of nitrogens with zero attached hydrogens (tertiary/aromatic N) is 1. The number of aryl methyl sites for hydroxylation is 1. The molecule has 0 saturated carbocycles. The molecule has 2 aromatic rings. The summed E-state index contributed by atoms with van der Waals surface area (Å²) in [6.07, 6.45) is 0.734. The van der Waals surface area contributed by atoms with Crippen LogP contribution in [-0.4, -0.2) is 22.0 Å². The molecular formula is C11H10N2O3S2. The first-order valence-corrected chi connectivity index (χ1v) is 6.93. The van der Waals surface area contributed by atoms with Crippen LogP contribution in [-0.2, 0) is 6.42 Å². The Morgan fingerprint density at radius 2 is 2.28 bits per heavy atom. The SMILES string of the molecule is CCc1cc(C(=O)O)c(NC(=O)c2cscn2)s1. The summed E-state index contributed by atoms with van der Waals surface area (Å²) in [5.74, 6) is -1.43. The van der Waals surface area contributed by atoms with Crippen molar-refractivity contribution in [3.8, 4) is 0 Å². The summed E-state index contributed by atoms with van der Waals surface area (Å²) in [5.41, 5.74) is 1.97. The van der Waals surface area contributed by atoms with Gasteiger partial charge in [0.05, 0.1) is 11.1 Å². The minimum Gasteiger partial charge on any atom is -0.478 e. The molecule has 0 bridgehead atoms. The van der Waals surface area contributed by atoms with E-state index in [-0.39, 0.29) is 11.5 Å². The largest absolute Gasteiger partial charge is 0.478 e. The molecule has 94 valence electrons. The highest BCUT2D eigenvalue weighted by atomic mass is 32.1. The van der Waals surface area contributed by atoms with Crippen molar-refractivity contribution in [2.24, 2.45) is 0 Å². The number of carboxylic acids is 1.